The summed E-state index contributed by atoms with van der Waals surface area (Å²) in [6.45, 7) is 1.48. The number of hydrogen-bond donors (Lipinski definition) is 1. The number of aliphatic hydroxyl groups is 1. The number of fused-ring (bicyclic) bond motifs is 1. The van der Waals surface area contributed by atoms with Crippen molar-refractivity contribution in [2.75, 3.05) is 0 Å². The van der Waals surface area contributed by atoms with Gasteiger partial charge in [0.2, 0.25) is 0 Å². The highest BCUT2D eigenvalue weighted by Gasteiger charge is 2.21. The molecule has 1 aromatic heterocycles. The molecule has 0 amide bonds. The second-order valence-corrected chi connectivity index (χ2v) is 4.92. The van der Waals surface area contributed by atoms with Crippen LogP contribution in [0.1, 0.15) is 22.9 Å². The summed E-state index contributed by atoms with van der Waals surface area (Å²) in [7, 11) is 0. The lowest BCUT2D eigenvalue weighted by atomic mass is 9.99. The summed E-state index contributed by atoms with van der Waals surface area (Å²) in [5.41, 5.74) is 0.409. The summed E-state index contributed by atoms with van der Waals surface area (Å²) >= 11 is 0. The van der Waals surface area contributed by atoms with Gasteiger partial charge in [-0.05, 0) is 23.9 Å². The maximum Gasteiger partial charge on any atom is 0.165 e. The number of pyridine rings is 1. The van der Waals surface area contributed by atoms with Crippen LogP contribution in [0.25, 0.3) is 10.8 Å². The first-order valence-electron chi connectivity index (χ1n) is 6.56. The third-order valence-corrected chi connectivity index (χ3v) is 3.56. The Labute approximate surface area is 120 Å². The van der Waals surface area contributed by atoms with Gasteiger partial charge in [0, 0.05) is 17.1 Å². The van der Waals surface area contributed by atoms with Crippen LogP contribution >= 0.6 is 0 Å². The van der Waals surface area contributed by atoms with Crippen molar-refractivity contribution >= 4 is 10.8 Å². The monoisotopic (exact) mass is 285 g/mol. The molecule has 3 aromatic rings. The quantitative estimate of drug-likeness (QED) is 0.774. The normalized spacial score (nSPS) is 12.6. The number of rotatable bonds is 2. The third-order valence-electron chi connectivity index (χ3n) is 3.56. The third kappa shape index (κ3) is 2.28. The molecule has 2 aromatic carbocycles. The first kappa shape index (κ1) is 13.6. The molecule has 2 nitrogen and oxygen atoms in total. The fraction of sp³-hybridized carbons (Fsp3) is 0.118. The van der Waals surface area contributed by atoms with Gasteiger partial charge in [-0.3, -0.25) is 4.98 Å². The summed E-state index contributed by atoms with van der Waals surface area (Å²) in [5, 5.41) is 12.0. The van der Waals surface area contributed by atoms with Gasteiger partial charge in [-0.1, -0.05) is 36.4 Å². The van der Waals surface area contributed by atoms with E-state index < -0.39 is 17.7 Å². The summed E-state index contributed by atoms with van der Waals surface area (Å²) in [5.74, 6) is -1.97. The Morgan fingerprint density at radius 2 is 1.76 bits per heavy atom. The van der Waals surface area contributed by atoms with Crippen LogP contribution < -0.4 is 0 Å². The van der Waals surface area contributed by atoms with Crippen LogP contribution in [-0.4, -0.2) is 10.1 Å². The van der Waals surface area contributed by atoms with Crippen molar-refractivity contribution in [2.24, 2.45) is 0 Å². The van der Waals surface area contributed by atoms with Crippen molar-refractivity contribution in [2.45, 2.75) is 13.0 Å². The number of nitrogens with zero attached hydrogens (tertiary/aromatic N) is 1. The SMILES string of the molecule is Cc1ccc(C(O)c2nccc3ccccc23)c(F)c1F. The Balaban J connectivity index is 2.17. The highest BCUT2D eigenvalue weighted by atomic mass is 19.2. The maximum absolute atomic E-state index is 14.0. The Kier molecular flexibility index (Phi) is 3.39. The van der Waals surface area contributed by atoms with E-state index in [-0.39, 0.29) is 11.1 Å². The molecule has 0 radical (unpaired) electrons. The smallest absolute Gasteiger partial charge is 0.165 e. The van der Waals surface area contributed by atoms with Crippen molar-refractivity contribution in [1.29, 1.82) is 0 Å². The molecule has 1 atom stereocenters. The summed E-state index contributed by atoms with van der Waals surface area (Å²) in [6, 6.07) is 12.0. The number of aromatic nitrogens is 1. The van der Waals surface area contributed by atoms with Crippen LogP contribution in [-0.2, 0) is 0 Å². The molecule has 21 heavy (non-hydrogen) atoms. The Morgan fingerprint density at radius 1 is 1.00 bits per heavy atom. The lowest BCUT2D eigenvalue weighted by Gasteiger charge is -2.14. The van der Waals surface area contributed by atoms with Crippen molar-refractivity contribution in [1.82, 2.24) is 4.98 Å². The predicted molar refractivity (Wildman–Crippen MR) is 76.9 cm³/mol. The molecule has 0 saturated heterocycles. The van der Waals surface area contributed by atoms with E-state index in [9.17, 15) is 13.9 Å². The standard InChI is InChI=1S/C17H13F2NO/c1-10-6-7-13(15(19)14(10)18)17(21)16-12-5-3-2-4-11(12)8-9-20-16/h2-9,17,21H,1H3. The highest BCUT2D eigenvalue weighted by Crippen LogP contribution is 2.29. The van der Waals surface area contributed by atoms with Crippen LogP contribution in [0.3, 0.4) is 0 Å². The zero-order valence-electron chi connectivity index (χ0n) is 11.3. The second-order valence-electron chi connectivity index (χ2n) is 4.92. The summed E-state index contributed by atoms with van der Waals surface area (Å²) in [6.07, 6.45) is 0.231. The van der Waals surface area contributed by atoms with E-state index in [0.717, 1.165) is 5.39 Å². The van der Waals surface area contributed by atoms with Crippen LogP contribution in [0.2, 0.25) is 0 Å². The molecule has 0 fully saturated rings. The average molecular weight is 285 g/mol. The summed E-state index contributed by atoms with van der Waals surface area (Å²) < 4.78 is 27.7. The van der Waals surface area contributed by atoms with Crippen molar-refractivity contribution in [3.8, 4) is 0 Å². The van der Waals surface area contributed by atoms with Gasteiger partial charge < -0.3 is 5.11 Å². The van der Waals surface area contributed by atoms with Crippen LogP contribution in [0.5, 0.6) is 0 Å². The maximum atomic E-state index is 14.0. The van der Waals surface area contributed by atoms with Crippen molar-refractivity contribution in [3.05, 3.63) is 77.1 Å². The lowest BCUT2D eigenvalue weighted by molar-refractivity contribution is 0.210. The molecule has 0 bridgehead atoms. The minimum atomic E-state index is -1.31. The van der Waals surface area contributed by atoms with E-state index in [1.54, 1.807) is 18.3 Å². The van der Waals surface area contributed by atoms with Gasteiger partial charge in [0.05, 0.1) is 5.69 Å². The largest absolute Gasteiger partial charge is 0.382 e. The highest BCUT2D eigenvalue weighted by molar-refractivity contribution is 5.84. The molecular weight excluding hydrogens is 272 g/mol. The zero-order chi connectivity index (χ0) is 15.0. The molecule has 1 unspecified atom stereocenters. The van der Waals surface area contributed by atoms with Gasteiger partial charge in [-0.25, -0.2) is 8.78 Å². The van der Waals surface area contributed by atoms with Gasteiger partial charge in [0.25, 0.3) is 0 Å². The molecule has 0 spiro atoms. The molecular formula is C17H13F2NO. The molecule has 0 saturated carbocycles. The van der Waals surface area contributed by atoms with Crippen molar-refractivity contribution in [3.63, 3.8) is 0 Å². The van der Waals surface area contributed by atoms with Crippen molar-refractivity contribution < 1.29 is 13.9 Å². The molecule has 106 valence electrons. The molecule has 3 rings (SSSR count). The fourth-order valence-corrected chi connectivity index (χ4v) is 2.38. The number of benzene rings is 2. The molecule has 1 heterocycles. The topological polar surface area (TPSA) is 33.1 Å². The van der Waals surface area contributed by atoms with E-state index >= 15 is 0 Å². The zero-order valence-corrected chi connectivity index (χ0v) is 11.3. The van der Waals surface area contributed by atoms with E-state index in [4.69, 9.17) is 0 Å². The van der Waals surface area contributed by atoms with Crippen LogP contribution in [0.4, 0.5) is 8.78 Å². The molecule has 0 aliphatic carbocycles. The van der Waals surface area contributed by atoms with E-state index in [1.165, 1.54) is 19.1 Å². The fourth-order valence-electron chi connectivity index (χ4n) is 2.38. The predicted octanol–water partition coefficient (Wildman–Crippen LogP) is 3.90. The first-order valence-corrected chi connectivity index (χ1v) is 6.56. The van der Waals surface area contributed by atoms with Crippen LogP contribution in [0.15, 0.2) is 48.7 Å². The van der Waals surface area contributed by atoms with Gasteiger partial charge in [0.1, 0.15) is 6.10 Å². The Hall–Kier alpha value is -2.33. The van der Waals surface area contributed by atoms with Gasteiger partial charge in [-0.2, -0.15) is 0 Å². The van der Waals surface area contributed by atoms with E-state index in [2.05, 4.69) is 4.98 Å². The van der Waals surface area contributed by atoms with Gasteiger partial charge >= 0.3 is 0 Å². The Morgan fingerprint density at radius 3 is 2.57 bits per heavy atom. The number of hydrogen-bond acceptors (Lipinski definition) is 2. The summed E-state index contributed by atoms with van der Waals surface area (Å²) in [4.78, 5) is 4.14. The number of aryl methyl sites for hydroxylation is 1. The number of halogens is 2. The Bertz CT molecular complexity index is 812. The van der Waals surface area contributed by atoms with Crippen LogP contribution in [0, 0.1) is 18.6 Å². The second kappa shape index (κ2) is 5.22. The molecule has 0 aliphatic heterocycles. The van der Waals surface area contributed by atoms with E-state index in [1.807, 2.05) is 18.2 Å². The first-order chi connectivity index (χ1) is 10.1. The average Bonchev–Trinajstić information content (AvgIpc) is 2.51. The number of aliphatic hydroxyl groups excluding tert-OH is 1. The minimum Gasteiger partial charge on any atom is -0.382 e. The minimum absolute atomic E-state index is 0.109. The molecule has 0 aliphatic rings. The molecule has 1 N–H and O–H groups in total. The lowest BCUT2D eigenvalue weighted by Crippen LogP contribution is -2.07. The van der Waals surface area contributed by atoms with E-state index in [0.29, 0.717) is 11.1 Å². The molecule has 4 heteroatoms. The van der Waals surface area contributed by atoms with Gasteiger partial charge in [-0.15, -0.1) is 0 Å². The van der Waals surface area contributed by atoms with Gasteiger partial charge in [0.15, 0.2) is 11.6 Å².